The Kier molecular flexibility index (Phi) is 2.85. The molecule has 2 aliphatic rings. The molecule has 0 atom stereocenters. The third kappa shape index (κ3) is 2.14. The second-order valence-corrected chi connectivity index (χ2v) is 5.18. The average molecular weight is 278 g/mol. The number of pyridine rings is 1. The Morgan fingerprint density at radius 3 is 3.00 bits per heavy atom. The fraction of sp³-hybridized carbons (Fsp3) is 0.0833. The summed E-state index contributed by atoms with van der Waals surface area (Å²) >= 11 is 6.90. The first-order valence-electron chi connectivity index (χ1n) is 5.28. The van der Waals surface area contributed by atoms with Gasteiger partial charge in [0.25, 0.3) is 0 Å². The van der Waals surface area contributed by atoms with Gasteiger partial charge < -0.3 is 4.57 Å². The predicted molar refractivity (Wildman–Crippen MR) is 71.3 cm³/mol. The third-order valence-electron chi connectivity index (χ3n) is 2.56. The van der Waals surface area contributed by atoms with Crippen molar-refractivity contribution in [1.82, 2.24) is 14.5 Å². The summed E-state index contributed by atoms with van der Waals surface area (Å²) in [4.78, 5) is 19.6. The maximum absolute atomic E-state index is 11.4. The molecule has 2 aliphatic heterocycles. The van der Waals surface area contributed by atoms with Crippen LogP contribution in [0.4, 0.5) is 0 Å². The van der Waals surface area contributed by atoms with Crippen molar-refractivity contribution < 1.29 is 0 Å². The molecule has 3 heterocycles. The van der Waals surface area contributed by atoms with Gasteiger partial charge in [0.05, 0.1) is 5.69 Å². The van der Waals surface area contributed by atoms with Gasteiger partial charge in [0, 0.05) is 31.2 Å². The lowest BCUT2D eigenvalue weighted by molar-refractivity contribution is 0.788. The number of rotatable bonds is 2. The van der Waals surface area contributed by atoms with E-state index < -0.39 is 0 Å². The van der Waals surface area contributed by atoms with E-state index in [0.29, 0.717) is 11.7 Å². The van der Waals surface area contributed by atoms with E-state index in [1.165, 1.54) is 0 Å². The summed E-state index contributed by atoms with van der Waals surface area (Å²) in [5, 5.41) is 1.23. The molecule has 0 radical (unpaired) electrons. The Labute approximate surface area is 112 Å². The molecule has 0 spiro atoms. The molecule has 0 unspecified atom stereocenters. The van der Waals surface area contributed by atoms with E-state index >= 15 is 0 Å². The molecule has 0 bridgehead atoms. The molecule has 6 heteroatoms. The molecule has 0 saturated carbocycles. The molecule has 18 heavy (non-hydrogen) atoms. The van der Waals surface area contributed by atoms with Gasteiger partial charge in [-0.1, -0.05) is 29.0 Å². The van der Waals surface area contributed by atoms with E-state index in [9.17, 15) is 4.79 Å². The number of halogens is 1. The van der Waals surface area contributed by atoms with Gasteiger partial charge in [-0.3, -0.25) is 4.79 Å². The quantitative estimate of drug-likeness (QED) is 0.676. The molecule has 0 aliphatic carbocycles. The number of hydrogen-bond donors (Lipinski definition) is 0. The van der Waals surface area contributed by atoms with Gasteiger partial charge in [0.2, 0.25) is 4.74 Å². The van der Waals surface area contributed by atoms with Gasteiger partial charge in [-0.2, -0.15) is 0 Å². The summed E-state index contributed by atoms with van der Waals surface area (Å²) in [5.41, 5.74) is 1.87. The standard InChI is InChI=1S/C12H8ClN3OS/c13-10-2-1-8(6-15-10)7-16-4-3-14-12-9(16)5-11(17)18-12/h1-6H,7H2. The van der Waals surface area contributed by atoms with Crippen LogP contribution < -0.4 is 4.74 Å². The minimum Gasteiger partial charge on any atom is -0.339 e. The van der Waals surface area contributed by atoms with Gasteiger partial charge in [0.15, 0.2) is 0 Å². The van der Waals surface area contributed by atoms with Crippen molar-refractivity contribution in [2.24, 2.45) is 0 Å². The fourth-order valence-electron chi connectivity index (χ4n) is 1.74. The van der Waals surface area contributed by atoms with Crippen LogP contribution in [0, 0.1) is 0 Å². The SMILES string of the molecule is O=c1cc2n(Cc3ccc(Cl)nc3)ccnc-2s1. The maximum atomic E-state index is 11.4. The third-order valence-corrected chi connectivity index (χ3v) is 3.61. The molecule has 0 aromatic carbocycles. The highest BCUT2D eigenvalue weighted by Crippen LogP contribution is 2.22. The maximum Gasteiger partial charge on any atom is 0.236 e. The van der Waals surface area contributed by atoms with Gasteiger partial charge in [0.1, 0.15) is 10.2 Å². The van der Waals surface area contributed by atoms with E-state index in [1.54, 1.807) is 24.5 Å². The molecule has 90 valence electrons. The number of aromatic nitrogens is 3. The molecule has 4 nitrogen and oxygen atoms in total. The Morgan fingerprint density at radius 1 is 1.33 bits per heavy atom. The normalized spacial score (nSPS) is 10.9. The fourth-order valence-corrected chi connectivity index (χ4v) is 2.61. The van der Waals surface area contributed by atoms with Crippen molar-refractivity contribution in [3.05, 3.63) is 57.0 Å². The van der Waals surface area contributed by atoms with Gasteiger partial charge in [-0.15, -0.1) is 0 Å². The number of thiophene rings is 1. The highest BCUT2D eigenvalue weighted by molar-refractivity contribution is 7.13. The van der Waals surface area contributed by atoms with Crippen LogP contribution in [0.2, 0.25) is 5.15 Å². The summed E-state index contributed by atoms with van der Waals surface area (Å²) in [6.07, 6.45) is 5.27. The number of hydrogen-bond acceptors (Lipinski definition) is 4. The molecular formula is C12H8ClN3OS. The van der Waals surface area contributed by atoms with Crippen molar-refractivity contribution in [3.63, 3.8) is 0 Å². The zero-order chi connectivity index (χ0) is 12.5. The lowest BCUT2D eigenvalue weighted by atomic mass is 10.2. The van der Waals surface area contributed by atoms with Crippen LogP contribution in [-0.2, 0) is 6.54 Å². The van der Waals surface area contributed by atoms with Crippen molar-refractivity contribution >= 4 is 22.9 Å². The van der Waals surface area contributed by atoms with Crippen molar-refractivity contribution in [2.45, 2.75) is 6.54 Å². The van der Waals surface area contributed by atoms with Crippen LogP contribution in [0.5, 0.6) is 0 Å². The molecule has 0 amide bonds. The number of nitrogens with zero attached hydrogens (tertiary/aromatic N) is 3. The summed E-state index contributed by atoms with van der Waals surface area (Å²) in [6.45, 7) is 0.638. The second-order valence-electron chi connectivity index (χ2n) is 3.80. The molecule has 1 aromatic heterocycles. The zero-order valence-corrected chi connectivity index (χ0v) is 10.8. The molecular weight excluding hydrogens is 270 g/mol. The van der Waals surface area contributed by atoms with Crippen LogP contribution in [-0.4, -0.2) is 14.5 Å². The largest absolute Gasteiger partial charge is 0.339 e. The lowest BCUT2D eigenvalue weighted by Crippen LogP contribution is -2.04. The summed E-state index contributed by atoms with van der Waals surface area (Å²) < 4.78 is 2.00. The Morgan fingerprint density at radius 2 is 2.22 bits per heavy atom. The molecule has 3 rings (SSSR count). The summed E-state index contributed by atoms with van der Waals surface area (Å²) in [5.74, 6) is 0. The first-order valence-corrected chi connectivity index (χ1v) is 6.47. The smallest absolute Gasteiger partial charge is 0.236 e. The van der Waals surface area contributed by atoms with E-state index in [4.69, 9.17) is 11.6 Å². The lowest BCUT2D eigenvalue weighted by Gasteiger charge is -2.10. The predicted octanol–water partition coefficient (Wildman–Crippen LogP) is 2.51. The second kappa shape index (κ2) is 4.51. The highest BCUT2D eigenvalue weighted by atomic mass is 35.5. The zero-order valence-electron chi connectivity index (χ0n) is 9.21. The minimum absolute atomic E-state index is 0.0201. The summed E-state index contributed by atoms with van der Waals surface area (Å²) in [7, 11) is 0. The van der Waals surface area contributed by atoms with Gasteiger partial charge in [-0.05, 0) is 11.6 Å². The van der Waals surface area contributed by atoms with E-state index in [-0.39, 0.29) is 4.74 Å². The molecule has 0 N–H and O–H groups in total. The van der Waals surface area contributed by atoms with Crippen molar-refractivity contribution in [2.75, 3.05) is 0 Å². The first-order chi connectivity index (χ1) is 8.72. The highest BCUT2D eigenvalue weighted by Gasteiger charge is 2.11. The number of fused-ring (bicyclic) bond motifs is 1. The Hall–Kier alpha value is -1.72. The van der Waals surface area contributed by atoms with Crippen molar-refractivity contribution in [3.8, 4) is 10.7 Å². The monoisotopic (exact) mass is 277 g/mol. The van der Waals surface area contributed by atoms with E-state index in [2.05, 4.69) is 9.97 Å². The van der Waals surface area contributed by atoms with E-state index in [1.807, 2.05) is 16.8 Å². The average Bonchev–Trinajstić information content (AvgIpc) is 2.73. The van der Waals surface area contributed by atoms with Gasteiger partial charge >= 0.3 is 0 Å². The summed E-state index contributed by atoms with van der Waals surface area (Å²) in [6, 6.07) is 5.28. The van der Waals surface area contributed by atoms with Crippen LogP contribution in [0.15, 0.2) is 41.6 Å². The Balaban J connectivity index is 2.00. The van der Waals surface area contributed by atoms with Gasteiger partial charge in [-0.25, -0.2) is 9.97 Å². The van der Waals surface area contributed by atoms with Crippen LogP contribution in [0.25, 0.3) is 10.7 Å². The van der Waals surface area contributed by atoms with Crippen molar-refractivity contribution in [1.29, 1.82) is 0 Å². The Bertz CT molecular complexity index is 704. The van der Waals surface area contributed by atoms with E-state index in [0.717, 1.165) is 27.6 Å². The minimum atomic E-state index is 0.0201. The van der Waals surface area contributed by atoms with Crippen LogP contribution in [0.1, 0.15) is 5.56 Å². The first kappa shape index (κ1) is 11.4. The molecule has 0 saturated heterocycles. The topological polar surface area (TPSA) is 47.8 Å². The molecule has 0 fully saturated rings. The van der Waals surface area contributed by atoms with Crippen LogP contribution in [0.3, 0.4) is 0 Å². The van der Waals surface area contributed by atoms with Crippen LogP contribution >= 0.6 is 22.9 Å². The molecule has 1 aromatic rings.